The van der Waals surface area contributed by atoms with Gasteiger partial charge in [0.15, 0.2) is 0 Å². The van der Waals surface area contributed by atoms with Gasteiger partial charge in [0.25, 0.3) is 0 Å². The Morgan fingerprint density at radius 1 is 1.03 bits per heavy atom. The maximum absolute atomic E-state index is 12.7. The number of nitrogens with zero attached hydrogens (tertiary/aromatic N) is 2. The number of ether oxygens (including phenoxy) is 1. The number of rotatable bonds is 10. The molecule has 0 aromatic heterocycles. The fourth-order valence-electron chi connectivity index (χ4n) is 3.95. The topological polar surface area (TPSA) is 113 Å². The molecule has 1 aliphatic heterocycles. The maximum atomic E-state index is 12.7. The first-order valence-electron chi connectivity index (χ1n) is 11.5. The summed E-state index contributed by atoms with van der Waals surface area (Å²) in [6.45, 7) is 6.72. The molecule has 1 aliphatic rings. The molecule has 11 heteroatoms. The molecule has 1 heterocycles. The van der Waals surface area contributed by atoms with E-state index in [2.05, 4.69) is 5.32 Å². The largest absolute Gasteiger partial charge is 0.492 e. The van der Waals surface area contributed by atoms with Crippen molar-refractivity contribution in [3.63, 3.8) is 0 Å². The lowest BCUT2D eigenvalue weighted by molar-refractivity contribution is -0.121. The van der Waals surface area contributed by atoms with Crippen molar-refractivity contribution in [2.75, 3.05) is 36.8 Å². The molecule has 0 bridgehead atoms. The maximum Gasteiger partial charge on any atom is 0.243 e. The van der Waals surface area contributed by atoms with Gasteiger partial charge in [0, 0.05) is 13.1 Å². The molecule has 9 nitrogen and oxygen atoms in total. The SMILES string of the molecule is Cc1ccc(N([C@H](C)C(=O)NCCOc2ccc(S(=O)(=O)N3CCCC3)cc2)S(C)(=O)=O)cc1C. The van der Waals surface area contributed by atoms with E-state index in [1.165, 1.54) is 23.4 Å². The highest BCUT2D eigenvalue weighted by Crippen LogP contribution is 2.24. The van der Waals surface area contributed by atoms with Crippen molar-refractivity contribution in [2.45, 2.75) is 44.6 Å². The highest BCUT2D eigenvalue weighted by atomic mass is 32.2. The van der Waals surface area contributed by atoms with Gasteiger partial charge in [-0.15, -0.1) is 0 Å². The number of carbonyl (C=O) groups is 1. The summed E-state index contributed by atoms with van der Waals surface area (Å²) < 4.78 is 58.3. The van der Waals surface area contributed by atoms with Crippen LogP contribution in [0.15, 0.2) is 47.4 Å². The smallest absolute Gasteiger partial charge is 0.243 e. The fraction of sp³-hybridized carbons (Fsp3) is 0.458. The van der Waals surface area contributed by atoms with E-state index >= 15 is 0 Å². The van der Waals surface area contributed by atoms with Crippen LogP contribution in [0, 0.1) is 13.8 Å². The molecule has 1 saturated heterocycles. The van der Waals surface area contributed by atoms with Crippen molar-refractivity contribution in [3.05, 3.63) is 53.6 Å². The van der Waals surface area contributed by atoms with Gasteiger partial charge in [-0.2, -0.15) is 4.31 Å². The molecule has 2 aromatic carbocycles. The summed E-state index contributed by atoms with van der Waals surface area (Å²) in [5, 5.41) is 2.70. The minimum absolute atomic E-state index is 0.138. The van der Waals surface area contributed by atoms with Crippen LogP contribution in [0.3, 0.4) is 0 Å². The summed E-state index contributed by atoms with van der Waals surface area (Å²) >= 11 is 0. The second-order valence-electron chi connectivity index (χ2n) is 8.73. The number of aryl methyl sites for hydroxylation is 2. The summed E-state index contributed by atoms with van der Waals surface area (Å²) in [5.74, 6) is 0.0184. The second kappa shape index (κ2) is 11.0. The Balaban J connectivity index is 1.55. The minimum atomic E-state index is -3.70. The summed E-state index contributed by atoms with van der Waals surface area (Å²) in [5.41, 5.74) is 2.38. The van der Waals surface area contributed by atoms with Crippen molar-refractivity contribution in [1.29, 1.82) is 0 Å². The summed E-state index contributed by atoms with van der Waals surface area (Å²) in [6, 6.07) is 10.5. The molecule has 0 radical (unpaired) electrons. The predicted octanol–water partition coefficient (Wildman–Crippen LogP) is 2.44. The third-order valence-electron chi connectivity index (χ3n) is 6.03. The summed E-state index contributed by atoms with van der Waals surface area (Å²) in [7, 11) is -7.18. The minimum Gasteiger partial charge on any atom is -0.492 e. The van der Waals surface area contributed by atoms with Crippen molar-refractivity contribution < 1.29 is 26.4 Å². The molecule has 3 rings (SSSR count). The van der Waals surface area contributed by atoms with Crippen LogP contribution in [0.25, 0.3) is 0 Å². The molecule has 35 heavy (non-hydrogen) atoms. The Kier molecular flexibility index (Phi) is 8.45. The molecular formula is C24H33N3O6S2. The van der Waals surface area contributed by atoms with Gasteiger partial charge in [-0.3, -0.25) is 9.10 Å². The van der Waals surface area contributed by atoms with E-state index in [4.69, 9.17) is 4.74 Å². The van der Waals surface area contributed by atoms with Gasteiger partial charge >= 0.3 is 0 Å². The summed E-state index contributed by atoms with van der Waals surface area (Å²) in [4.78, 5) is 12.9. The second-order valence-corrected chi connectivity index (χ2v) is 12.5. The average molecular weight is 524 g/mol. The lowest BCUT2D eigenvalue weighted by atomic mass is 10.1. The Hall–Kier alpha value is -2.63. The summed E-state index contributed by atoms with van der Waals surface area (Å²) in [6.07, 6.45) is 2.82. The van der Waals surface area contributed by atoms with Crippen LogP contribution in [-0.2, 0) is 24.8 Å². The Bertz CT molecular complexity index is 1250. The van der Waals surface area contributed by atoms with Gasteiger partial charge in [-0.1, -0.05) is 6.07 Å². The molecule has 1 N–H and O–H groups in total. The zero-order valence-electron chi connectivity index (χ0n) is 20.5. The number of carbonyl (C=O) groups excluding carboxylic acids is 1. The van der Waals surface area contributed by atoms with E-state index < -0.39 is 32.0 Å². The zero-order valence-corrected chi connectivity index (χ0v) is 22.2. The van der Waals surface area contributed by atoms with Crippen LogP contribution in [0.5, 0.6) is 5.75 Å². The molecule has 0 unspecified atom stereocenters. The molecule has 2 aromatic rings. The molecule has 192 valence electrons. The van der Waals surface area contributed by atoms with Crippen molar-refractivity contribution in [3.8, 4) is 5.75 Å². The van der Waals surface area contributed by atoms with Gasteiger partial charge in [-0.05, 0) is 81.1 Å². The quantitative estimate of drug-likeness (QED) is 0.479. The number of benzene rings is 2. The number of sulfonamides is 2. The van der Waals surface area contributed by atoms with E-state index in [9.17, 15) is 21.6 Å². The van der Waals surface area contributed by atoms with Gasteiger partial charge in [0.05, 0.1) is 23.4 Å². The van der Waals surface area contributed by atoms with Crippen LogP contribution in [0.1, 0.15) is 30.9 Å². The number of amides is 1. The van der Waals surface area contributed by atoms with Gasteiger partial charge in [0.1, 0.15) is 18.4 Å². The normalized spacial score (nSPS) is 15.5. The van der Waals surface area contributed by atoms with E-state index in [0.717, 1.165) is 34.5 Å². The van der Waals surface area contributed by atoms with E-state index in [1.54, 1.807) is 24.3 Å². The van der Waals surface area contributed by atoms with Crippen LogP contribution in [0.4, 0.5) is 5.69 Å². The average Bonchev–Trinajstić information content (AvgIpc) is 3.34. The number of anilines is 1. The lowest BCUT2D eigenvalue weighted by Gasteiger charge is -2.28. The van der Waals surface area contributed by atoms with Gasteiger partial charge in [0.2, 0.25) is 26.0 Å². The molecule has 0 aliphatic carbocycles. The van der Waals surface area contributed by atoms with Gasteiger partial charge in [-0.25, -0.2) is 16.8 Å². The number of hydrogen-bond acceptors (Lipinski definition) is 6. The highest BCUT2D eigenvalue weighted by Gasteiger charge is 2.29. The van der Waals surface area contributed by atoms with Crippen LogP contribution < -0.4 is 14.4 Å². The Morgan fingerprint density at radius 3 is 2.23 bits per heavy atom. The third kappa shape index (κ3) is 6.53. The standard InChI is InChI=1S/C24H33N3O6S2/c1-18-7-8-21(17-19(18)2)27(34(4,29)30)20(3)24(28)25-13-16-33-22-9-11-23(12-10-22)35(31,32)26-14-5-6-15-26/h7-12,17,20H,5-6,13-16H2,1-4H3,(H,25,28)/t20-/m1/s1. The van der Waals surface area contributed by atoms with Crippen molar-refractivity contribution in [2.24, 2.45) is 0 Å². The molecular weight excluding hydrogens is 490 g/mol. The molecule has 0 spiro atoms. The molecule has 1 amide bonds. The first-order valence-corrected chi connectivity index (χ1v) is 14.8. The van der Waals surface area contributed by atoms with Crippen LogP contribution >= 0.6 is 0 Å². The van der Waals surface area contributed by atoms with Crippen LogP contribution in [0.2, 0.25) is 0 Å². The fourth-order valence-corrected chi connectivity index (χ4v) is 6.63. The van der Waals surface area contributed by atoms with E-state index in [-0.39, 0.29) is 18.0 Å². The molecule has 1 atom stereocenters. The van der Waals surface area contributed by atoms with Crippen molar-refractivity contribution >= 4 is 31.6 Å². The van der Waals surface area contributed by atoms with E-state index in [1.807, 2.05) is 19.9 Å². The molecule has 0 saturated carbocycles. The zero-order chi connectivity index (χ0) is 25.8. The molecule has 1 fully saturated rings. The monoisotopic (exact) mass is 523 g/mol. The first kappa shape index (κ1) is 27.0. The first-order chi connectivity index (χ1) is 16.4. The van der Waals surface area contributed by atoms with Crippen LogP contribution in [-0.4, -0.2) is 65.6 Å². The van der Waals surface area contributed by atoms with E-state index in [0.29, 0.717) is 24.5 Å². The highest BCUT2D eigenvalue weighted by molar-refractivity contribution is 7.92. The van der Waals surface area contributed by atoms with Crippen molar-refractivity contribution in [1.82, 2.24) is 9.62 Å². The lowest BCUT2D eigenvalue weighted by Crippen LogP contribution is -2.48. The number of nitrogens with one attached hydrogen (secondary N) is 1. The Labute approximate surface area is 208 Å². The number of hydrogen-bond donors (Lipinski definition) is 1. The third-order valence-corrected chi connectivity index (χ3v) is 9.18. The predicted molar refractivity (Wildman–Crippen MR) is 136 cm³/mol. The van der Waals surface area contributed by atoms with Gasteiger partial charge < -0.3 is 10.1 Å². The Morgan fingerprint density at radius 2 is 1.66 bits per heavy atom.